The number of ether oxygens (including phenoxy) is 1. The Morgan fingerprint density at radius 3 is 3.05 bits per heavy atom. The Morgan fingerprint density at radius 2 is 2.32 bits per heavy atom. The molecule has 0 bridgehead atoms. The first-order valence-corrected chi connectivity index (χ1v) is 6.02. The summed E-state index contributed by atoms with van der Waals surface area (Å²) < 4.78 is 7.89. The molecular weight excluding hydrogens is 246 g/mol. The van der Waals surface area contributed by atoms with Crippen LogP contribution in [0, 0.1) is 0 Å². The minimum Gasteiger partial charge on any atom is -0.493 e. The number of hydrogen-bond acceptors (Lipinski definition) is 4. The average Bonchev–Trinajstić information content (AvgIpc) is 2.99. The Balaban J connectivity index is 1.85. The molecule has 19 heavy (non-hydrogen) atoms. The maximum atomic E-state index is 12.1. The molecule has 6 nitrogen and oxygen atoms in total. The van der Waals surface area contributed by atoms with E-state index < -0.39 is 0 Å². The van der Waals surface area contributed by atoms with Gasteiger partial charge in [0.15, 0.2) is 5.78 Å². The normalized spacial score (nSPS) is 13.1. The number of Topliss-reactive ketones (excluding diaryl/α,β-unsaturated/α-hetero) is 1. The van der Waals surface area contributed by atoms with Gasteiger partial charge in [-0.2, -0.15) is 5.10 Å². The largest absolute Gasteiger partial charge is 0.493 e. The molecule has 1 aromatic carbocycles. The summed E-state index contributed by atoms with van der Waals surface area (Å²) in [6.45, 7) is 0.668. The molecule has 1 aliphatic heterocycles. The highest BCUT2D eigenvalue weighted by molar-refractivity contribution is 5.96. The SMILES string of the molecule is Cn1ncn(CC(=O)c2ccc3c(c2)CCO3)c1=O. The van der Waals surface area contributed by atoms with Crippen LogP contribution in [-0.2, 0) is 20.0 Å². The molecule has 2 heterocycles. The molecular formula is C13H13N3O3. The monoisotopic (exact) mass is 259 g/mol. The number of fused-ring (bicyclic) bond motifs is 1. The van der Waals surface area contributed by atoms with Crippen LogP contribution < -0.4 is 10.4 Å². The van der Waals surface area contributed by atoms with Crippen LogP contribution in [0.15, 0.2) is 29.3 Å². The minimum absolute atomic E-state index is 0.00627. The standard InChI is InChI=1S/C13H13N3O3/c1-15-13(18)16(8-14-15)7-11(17)9-2-3-12-10(6-9)4-5-19-12/h2-3,6,8H,4-5,7H2,1H3. The average molecular weight is 259 g/mol. The number of nitrogens with zero attached hydrogens (tertiary/aromatic N) is 3. The molecule has 0 saturated heterocycles. The van der Waals surface area contributed by atoms with Gasteiger partial charge in [0, 0.05) is 19.0 Å². The van der Waals surface area contributed by atoms with Gasteiger partial charge in [-0.25, -0.2) is 9.48 Å². The van der Waals surface area contributed by atoms with E-state index in [2.05, 4.69) is 5.10 Å². The minimum atomic E-state index is -0.294. The number of rotatable bonds is 3. The third-order valence-corrected chi connectivity index (χ3v) is 3.21. The van der Waals surface area contributed by atoms with Crippen molar-refractivity contribution in [2.45, 2.75) is 13.0 Å². The van der Waals surface area contributed by atoms with Gasteiger partial charge < -0.3 is 4.74 Å². The number of hydrogen-bond donors (Lipinski definition) is 0. The van der Waals surface area contributed by atoms with Crippen molar-refractivity contribution in [3.05, 3.63) is 46.1 Å². The summed E-state index contributed by atoms with van der Waals surface area (Å²) in [4.78, 5) is 23.8. The van der Waals surface area contributed by atoms with Gasteiger partial charge in [-0.15, -0.1) is 0 Å². The van der Waals surface area contributed by atoms with E-state index in [1.807, 2.05) is 12.1 Å². The number of ketones is 1. The molecule has 98 valence electrons. The fraction of sp³-hybridized carbons (Fsp3) is 0.308. The molecule has 6 heteroatoms. The topological polar surface area (TPSA) is 66.1 Å². The molecule has 1 aliphatic rings. The van der Waals surface area contributed by atoms with Crippen molar-refractivity contribution >= 4 is 5.78 Å². The summed E-state index contributed by atoms with van der Waals surface area (Å²) >= 11 is 0. The van der Waals surface area contributed by atoms with E-state index in [1.54, 1.807) is 13.1 Å². The summed E-state index contributed by atoms with van der Waals surface area (Å²) in [5, 5.41) is 3.82. The fourth-order valence-electron chi connectivity index (χ4n) is 2.14. The van der Waals surface area contributed by atoms with Crippen LogP contribution in [0.5, 0.6) is 5.75 Å². The van der Waals surface area contributed by atoms with E-state index in [1.165, 1.54) is 15.6 Å². The van der Waals surface area contributed by atoms with E-state index in [0.29, 0.717) is 12.2 Å². The predicted molar refractivity (Wildman–Crippen MR) is 67.4 cm³/mol. The molecule has 0 aliphatic carbocycles. The van der Waals surface area contributed by atoms with E-state index in [0.717, 1.165) is 17.7 Å². The third-order valence-electron chi connectivity index (χ3n) is 3.21. The van der Waals surface area contributed by atoms with Crippen molar-refractivity contribution in [2.24, 2.45) is 7.05 Å². The Labute approximate surface area is 109 Å². The van der Waals surface area contributed by atoms with Crippen molar-refractivity contribution in [1.29, 1.82) is 0 Å². The fourth-order valence-corrected chi connectivity index (χ4v) is 2.14. The Hall–Kier alpha value is -2.37. The second-order valence-corrected chi connectivity index (χ2v) is 4.51. The van der Waals surface area contributed by atoms with Crippen molar-refractivity contribution < 1.29 is 9.53 Å². The first kappa shape index (κ1) is 11.7. The van der Waals surface area contributed by atoms with Gasteiger partial charge in [-0.1, -0.05) is 0 Å². The summed E-state index contributed by atoms with van der Waals surface area (Å²) in [5.74, 6) is 0.736. The first-order valence-electron chi connectivity index (χ1n) is 6.02. The van der Waals surface area contributed by atoms with Gasteiger partial charge >= 0.3 is 5.69 Å². The molecule has 0 N–H and O–H groups in total. The van der Waals surface area contributed by atoms with E-state index in [9.17, 15) is 9.59 Å². The molecule has 1 aromatic heterocycles. The summed E-state index contributed by atoms with van der Waals surface area (Å²) in [7, 11) is 1.55. The number of benzene rings is 1. The van der Waals surface area contributed by atoms with Gasteiger partial charge in [0.25, 0.3) is 0 Å². The second kappa shape index (κ2) is 4.38. The lowest BCUT2D eigenvalue weighted by Gasteiger charge is -2.03. The molecule has 2 aromatic rings. The number of carbonyl (C=O) groups excluding carboxylic acids is 1. The third kappa shape index (κ3) is 2.05. The highest BCUT2D eigenvalue weighted by atomic mass is 16.5. The van der Waals surface area contributed by atoms with Gasteiger partial charge in [0.1, 0.15) is 12.1 Å². The van der Waals surface area contributed by atoms with Crippen molar-refractivity contribution in [2.75, 3.05) is 6.61 Å². The van der Waals surface area contributed by atoms with Crippen molar-refractivity contribution in [3.63, 3.8) is 0 Å². The zero-order valence-electron chi connectivity index (χ0n) is 10.5. The Morgan fingerprint density at radius 1 is 1.47 bits per heavy atom. The van der Waals surface area contributed by atoms with Crippen LogP contribution in [0.1, 0.15) is 15.9 Å². The Kier molecular flexibility index (Phi) is 2.70. The number of aryl methyl sites for hydroxylation is 1. The summed E-state index contributed by atoms with van der Waals surface area (Å²) in [5.41, 5.74) is 1.35. The molecule has 0 amide bonds. The van der Waals surface area contributed by atoms with E-state index >= 15 is 0 Å². The van der Waals surface area contributed by atoms with Gasteiger partial charge in [0.05, 0.1) is 13.2 Å². The molecule has 0 unspecified atom stereocenters. The highest BCUT2D eigenvalue weighted by Gasteiger charge is 2.16. The van der Waals surface area contributed by atoms with Crippen molar-refractivity contribution in [3.8, 4) is 5.75 Å². The number of carbonyl (C=O) groups is 1. The Bertz CT molecular complexity index is 699. The first-order chi connectivity index (χ1) is 9.15. The smallest absolute Gasteiger partial charge is 0.345 e. The maximum absolute atomic E-state index is 12.1. The molecule has 0 radical (unpaired) electrons. The van der Waals surface area contributed by atoms with Crippen molar-refractivity contribution in [1.82, 2.24) is 14.3 Å². The molecule has 0 fully saturated rings. The van der Waals surface area contributed by atoms with Crippen LogP contribution in [0.2, 0.25) is 0 Å². The van der Waals surface area contributed by atoms with Crippen LogP contribution in [0.3, 0.4) is 0 Å². The predicted octanol–water partition coefficient (Wildman–Crippen LogP) is 0.400. The van der Waals surface area contributed by atoms with Crippen LogP contribution >= 0.6 is 0 Å². The lowest BCUT2D eigenvalue weighted by Crippen LogP contribution is -2.25. The van der Waals surface area contributed by atoms with Crippen LogP contribution in [0.25, 0.3) is 0 Å². The van der Waals surface area contributed by atoms with Gasteiger partial charge in [-0.05, 0) is 23.8 Å². The lowest BCUT2D eigenvalue weighted by atomic mass is 10.1. The molecule has 0 spiro atoms. The van der Waals surface area contributed by atoms with Crippen LogP contribution in [0.4, 0.5) is 0 Å². The lowest BCUT2D eigenvalue weighted by molar-refractivity contribution is 0.0970. The molecule has 3 rings (SSSR count). The van der Waals surface area contributed by atoms with E-state index in [-0.39, 0.29) is 18.0 Å². The zero-order valence-corrected chi connectivity index (χ0v) is 10.5. The summed E-state index contributed by atoms with van der Waals surface area (Å²) in [6, 6.07) is 5.38. The van der Waals surface area contributed by atoms with Gasteiger partial charge in [-0.3, -0.25) is 9.36 Å². The van der Waals surface area contributed by atoms with Crippen LogP contribution in [-0.4, -0.2) is 26.7 Å². The summed E-state index contributed by atoms with van der Waals surface area (Å²) in [6.07, 6.45) is 2.19. The van der Waals surface area contributed by atoms with E-state index in [4.69, 9.17) is 4.74 Å². The molecule has 0 saturated carbocycles. The second-order valence-electron chi connectivity index (χ2n) is 4.51. The molecule has 0 atom stereocenters. The zero-order chi connectivity index (χ0) is 13.4. The number of aromatic nitrogens is 3. The maximum Gasteiger partial charge on any atom is 0.345 e. The van der Waals surface area contributed by atoms with Gasteiger partial charge in [0.2, 0.25) is 0 Å². The highest BCUT2D eigenvalue weighted by Crippen LogP contribution is 2.26. The quantitative estimate of drug-likeness (QED) is 0.748.